The van der Waals surface area contributed by atoms with E-state index in [4.69, 9.17) is 19.6 Å². The van der Waals surface area contributed by atoms with Crippen LogP contribution in [-0.2, 0) is 18.2 Å². The zero-order chi connectivity index (χ0) is 26.8. The molecular formula is C29H37N7O2. The quantitative estimate of drug-likeness (QED) is 0.257. The van der Waals surface area contributed by atoms with Crippen LogP contribution in [0.25, 0.3) is 11.0 Å². The van der Waals surface area contributed by atoms with Crippen molar-refractivity contribution in [3.05, 3.63) is 58.8 Å². The summed E-state index contributed by atoms with van der Waals surface area (Å²) < 4.78 is 12.7. The fourth-order valence-electron chi connectivity index (χ4n) is 5.14. The highest BCUT2D eigenvalue weighted by Gasteiger charge is 2.23. The van der Waals surface area contributed by atoms with Crippen LogP contribution in [0.1, 0.15) is 42.1 Å². The Morgan fingerprint density at radius 2 is 1.89 bits per heavy atom. The SMILES string of the molecule is COCCOc1cc(C)c(Nc2nn(C)c3nc(Nc4ccc5c(c4)C(C(C)C)NCC5)ncc23)c(C)c1. The highest BCUT2D eigenvalue weighted by Crippen LogP contribution is 2.33. The lowest BCUT2D eigenvalue weighted by Crippen LogP contribution is -2.33. The third-order valence-corrected chi connectivity index (χ3v) is 7.05. The molecule has 0 radical (unpaired) electrons. The smallest absolute Gasteiger partial charge is 0.229 e. The second-order valence-corrected chi connectivity index (χ2v) is 10.3. The summed E-state index contributed by atoms with van der Waals surface area (Å²) in [6, 6.07) is 11.0. The number of fused-ring (bicyclic) bond motifs is 2. The molecule has 0 amide bonds. The van der Waals surface area contributed by atoms with Gasteiger partial charge >= 0.3 is 0 Å². The first-order valence-corrected chi connectivity index (χ1v) is 13.2. The molecular weight excluding hydrogens is 478 g/mol. The topological polar surface area (TPSA) is 98.2 Å². The summed E-state index contributed by atoms with van der Waals surface area (Å²) in [5.41, 5.74) is 7.62. The van der Waals surface area contributed by atoms with Gasteiger partial charge in [0.15, 0.2) is 11.5 Å². The van der Waals surface area contributed by atoms with Gasteiger partial charge in [-0.15, -0.1) is 0 Å². The van der Waals surface area contributed by atoms with Crippen molar-refractivity contribution < 1.29 is 9.47 Å². The molecule has 9 nitrogen and oxygen atoms in total. The number of nitrogens with one attached hydrogen (secondary N) is 3. The first-order chi connectivity index (χ1) is 18.3. The van der Waals surface area contributed by atoms with Gasteiger partial charge in [-0.2, -0.15) is 10.1 Å². The van der Waals surface area contributed by atoms with E-state index in [0.29, 0.717) is 36.9 Å². The second-order valence-electron chi connectivity index (χ2n) is 10.3. The van der Waals surface area contributed by atoms with Crippen LogP contribution in [0, 0.1) is 19.8 Å². The molecule has 200 valence electrons. The Labute approximate surface area is 224 Å². The maximum absolute atomic E-state index is 5.79. The third-order valence-electron chi connectivity index (χ3n) is 7.05. The van der Waals surface area contributed by atoms with E-state index in [-0.39, 0.29) is 0 Å². The number of hydrogen-bond donors (Lipinski definition) is 3. The van der Waals surface area contributed by atoms with Crippen molar-refractivity contribution in [3.63, 3.8) is 0 Å². The Bertz CT molecular complexity index is 1420. The van der Waals surface area contributed by atoms with Crippen LogP contribution in [-0.4, -0.2) is 46.6 Å². The zero-order valence-electron chi connectivity index (χ0n) is 23.1. The number of rotatable bonds is 9. The second kappa shape index (κ2) is 11.0. The van der Waals surface area contributed by atoms with E-state index in [0.717, 1.165) is 52.3 Å². The van der Waals surface area contributed by atoms with Gasteiger partial charge in [-0.3, -0.25) is 0 Å². The molecule has 1 aliphatic rings. The van der Waals surface area contributed by atoms with Crippen molar-refractivity contribution in [1.29, 1.82) is 0 Å². The summed E-state index contributed by atoms with van der Waals surface area (Å²) in [6.45, 7) is 10.7. The van der Waals surface area contributed by atoms with Crippen LogP contribution < -0.4 is 20.7 Å². The highest BCUT2D eigenvalue weighted by atomic mass is 16.5. The lowest BCUT2D eigenvalue weighted by Gasteiger charge is -2.30. The van der Waals surface area contributed by atoms with Gasteiger partial charge in [-0.1, -0.05) is 19.9 Å². The highest BCUT2D eigenvalue weighted by molar-refractivity contribution is 5.90. The van der Waals surface area contributed by atoms with E-state index in [2.05, 4.69) is 66.8 Å². The van der Waals surface area contributed by atoms with Gasteiger partial charge in [-0.05, 0) is 79.3 Å². The van der Waals surface area contributed by atoms with Gasteiger partial charge < -0.3 is 25.4 Å². The number of anilines is 4. The molecule has 0 fully saturated rings. The number of methoxy groups -OCH3 is 1. The van der Waals surface area contributed by atoms with Crippen molar-refractivity contribution in [2.24, 2.45) is 13.0 Å². The standard InChI is InChI=1S/C29H37N7O2/c1-17(2)25-23-15-21(8-7-20(23)9-10-30-25)32-29-31-16-24-27(35-36(5)28(24)34-29)33-26-18(3)13-22(14-19(26)4)38-12-11-37-6/h7-8,13-17,25,30H,9-12H2,1-6H3,(H,33,35)(H,31,32,34). The minimum atomic E-state index is 0.354. The monoisotopic (exact) mass is 515 g/mol. The molecule has 0 aliphatic carbocycles. The lowest BCUT2D eigenvalue weighted by molar-refractivity contribution is 0.146. The number of nitrogens with zero attached hydrogens (tertiary/aromatic N) is 4. The normalized spacial score (nSPS) is 15.1. The molecule has 0 bridgehead atoms. The van der Waals surface area contributed by atoms with Crippen LogP contribution in [0.4, 0.5) is 23.1 Å². The predicted octanol–water partition coefficient (Wildman–Crippen LogP) is 5.34. The summed E-state index contributed by atoms with van der Waals surface area (Å²) >= 11 is 0. The summed E-state index contributed by atoms with van der Waals surface area (Å²) in [5.74, 6) is 2.60. The maximum Gasteiger partial charge on any atom is 0.229 e. The fraction of sp³-hybridized carbons (Fsp3) is 0.414. The first kappa shape index (κ1) is 25.9. The summed E-state index contributed by atoms with van der Waals surface area (Å²) in [5, 5.41) is 16.1. The molecule has 2 aromatic heterocycles. The van der Waals surface area contributed by atoms with E-state index in [1.165, 1.54) is 11.1 Å². The van der Waals surface area contributed by atoms with E-state index in [9.17, 15) is 0 Å². The van der Waals surface area contributed by atoms with E-state index >= 15 is 0 Å². The molecule has 9 heteroatoms. The zero-order valence-corrected chi connectivity index (χ0v) is 23.1. The number of hydrogen-bond acceptors (Lipinski definition) is 8. The predicted molar refractivity (Wildman–Crippen MR) is 152 cm³/mol. The Morgan fingerprint density at radius 3 is 2.63 bits per heavy atom. The van der Waals surface area contributed by atoms with Gasteiger partial charge in [0.1, 0.15) is 12.4 Å². The largest absolute Gasteiger partial charge is 0.491 e. The average molecular weight is 516 g/mol. The van der Waals surface area contributed by atoms with Crippen molar-refractivity contribution in [2.45, 2.75) is 40.2 Å². The molecule has 0 saturated carbocycles. The summed E-state index contributed by atoms with van der Waals surface area (Å²) in [6.07, 6.45) is 2.87. The van der Waals surface area contributed by atoms with E-state index in [1.54, 1.807) is 11.8 Å². The summed E-state index contributed by atoms with van der Waals surface area (Å²) in [7, 11) is 3.56. The van der Waals surface area contributed by atoms with Gasteiger partial charge in [-0.25, -0.2) is 9.67 Å². The molecule has 4 aromatic rings. The van der Waals surface area contributed by atoms with Crippen molar-refractivity contribution in [3.8, 4) is 5.75 Å². The van der Waals surface area contributed by atoms with Crippen LogP contribution in [0.2, 0.25) is 0 Å². The number of benzene rings is 2. The van der Waals surface area contributed by atoms with Gasteiger partial charge in [0.2, 0.25) is 5.95 Å². The molecule has 1 aliphatic heterocycles. The molecule has 5 rings (SSSR count). The molecule has 1 atom stereocenters. The molecule has 2 aromatic carbocycles. The van der Waals surface area contributed by atoms with Gasteiger partial charge in [0.05, 0.1) is 12.0 Å². The van der Waals surface area contributed by atoms with Crippen molar-refractivity contribution in [1.82, 2.24) is 25.1 Å². The fourth-order valence-corrected chi connectivity index (χ4v) is 5.14. The van der Waals surface area contributed by atoms with Gasteiger partial charge in [0.25, 0.3) is 0 Å². The van der Waals surface area contributed by atoms with Gasteiger partial charge in [0, 0.05) is 37.8 Å². The average Bonchev–Trinajstić information content (AvgIpc) is 3.20. The molecule has 0 saturated heterocycles. The Hall–Kier alpha value is -3.69. The number of ether oxygens (including phenoxy) is 2. The van der Waals surface area contributed by atoms with Crippen LogP contribution in [0.3, 0.4) is 0 Å². The minimum absolute atomic E-state index is 0.354. The Kier molecular flexibility index (Phi) is 7.49. The molecule has 1 unspecified atom stereocenters. The minimum Gasteiger partial charge on any atom is -0.491 e. The van der Waals surface area contributed by atoms with Crippen LogP contribution in [0.5, 0.6) is 5.75 Å². The van der Waals surface area contributed by atoms with Crippen LogP contribution >= 0.6 is 0 Å². The van der Waals surface area contributed by atoms with E-state index < -0.39 is 0 Å². The molecule has 0 spiro atoms. The summed E-state index contributed by atoms with van der Waals surface area (Å²) in [4.78, 5) is 9.41. The van der Waals surface area contributed by atoms with Crippen molar-refractivity contribution >= 4 is 34.2 Å². The number of aryl methyl sites for hydroxylation is 3. The Balaban J connectivity index is 1.38. The van der Waals surface area contributed by atoms with Crippen LogP contribution in [0.15, 0.2) is 36.5 Å². The third kappa shape index (κ3) is 5.30. The number of aromatic nitrogens is 4. The lowest BCUT2D eigenvalue weighted by atomic mass is 9.87. The van der Waals surface area contributed by atoms with Crippen molar-refractivity contribution in [2.75, 3.05) is 37.5 Å². The maximum atomic E-state index is 5.79. The Morgan fingerprint density at radius 1 is 1.11 bits per heavy atom. The van der Waals surface area contributed by atoms with E-state index in [1.807, 2.05) is 25.4 Å². The molecule has 3 heterocycles. The molecule has 3 N–H and O–H groups in total. The first-order valence-electron chi connectivity index (χ1n) is 13.2. The molecule has 38 heavy (non-hydrogen) atoms.